The molecule has 0 spiro atoms. The Morgan fingerprint density at radius 1 is 1.11 bits per heavy atom. The van der Waals surface area contributed by atoms with Gasteiger partial charge in [0.1, 0.15) is 5.60 Å². The number of morpholine rings is 1. The van der Waals surface area contributed by atoms with E-state index in [1.807, 2.05) is 51.1 Å². The molecule has 2 aromatic heterocycles. The number of nitrogens with zero attached hydrogens (tertiary/aromatic N) is 4. The van der Waals surface area contributed by atoms with Crippen molar-refractivity contribution in [2.24, 2.45) is 0 Å². The molecule has 3 heterocycles. The van der Waals surface area contributed by atoms with E-state index >= 15 is 0 Å². The summed E-state index contributed by atoms with van der Waals surface area (Å²) in [5.41, 5.74) is 8.99. The van der Waals surface area contributed by atoms with Crippen LogP contribution in [0.15, 0.2) is 48.9 Å². The number of alkyl carbamates (subject to hydrolysis) is 1. The molecule has 2 amide bonds. The minimum absolute atomic E-state index is 0.0185. The Bertz CT molecular complexity index is 1250. The third-order valence-electron chi connectivity index (χ3n) is 5.50. The summed E-state index contributed by atoms with van der Waals surface area (Å²) in [5.74, 6) is -0.455. The van der Waals surface area contributed by atoms with E-state index in [2.05, 4.69) is 30.5 Å². The van der Waals surface area contributed by atoms with Gasteiger partial charge in [-0.3, -0.25) is 9.78 Å². The molecule has 0 saturated carbocycles. The maximum atomic E-state index is 13.1. The summed E-state index contributed by atoms with van der Waals surface area (Å²) < 4.78 is 10.7. The smallest absolute Gasteiger partial charge is 0.407 e. The van der Waals surface area contributed by atoms with Crippen LogP contribution in [0.3, 0.4) is 0 Å². The molecule has 1 saturated heterocycles. The molecule has 194 valence electrons. The van der Waals surface area contributed by atoms with E-state index in [1.165, 1.54) is 6.20 Å². The highest BCUT2D eigenvalue weighted by Gasteiger charge is 2.20. The predicted molar refractivity (Wildman–Crippen MR) is 140 cm³/mol. The molecule has 0 aliphatic carbocycles. The van der Waals surface area contributed by atoms with E-state index in [-0.39, 0.29) is 11.5 Å². The highest BCUT2D eigenvalue weighted by molar-refractivity contribution is 6.07. The second-order valence-corrected chi connectivity index (χ2v) is 9.49. The van der Waals surface area contributed by atoms with E-state index in [1.54, 1.807) is 12.4 Å². The van der Waals surface area contributed by atoms with Crippen molar-refractivity contribution in [1.82, 2.24) is 20.3 Å². The van der Waals surface area contributed by atoms with Crippen molar-refractivity contribution in [3.05, 3.63) is 60.2 Å². The van der Waals surface area contributed by atoms with Crippen molar-refractivity contribution in [3.63, 3.8) is 0 Å². The second-order valence-electron chi connectivity index (χ2n) is 9.49. The van der Waals surface area contributed by atoms with Crippen LogP contribution in [0.25, 0.3) is 11.3 Å². The number of hydrogen-bond acceptors (Lipinski definition) is 9. The molecule has 1 aromatic carbocycles. The summed E-state index contributed by atoms with van der Waals surface area (Å²) in [4.78, 5) is 40.0. The van der Waals surface area contributed by atoms with Crippen LogP contribution in [0.2, 0.25) is 0 Å². The lowest BCUT2D eigenvalue weighted by atomic mass is 10.1. The van der Waals surface area contributed by atoms with Crippen molar-refractivity contribution >= 4 is 29.2 Å². The highest BCUT2D eigenvalue weighted by atomic mass is 16.6. The highest BCUT2D eigenvalue weighted by Crippen LogP contribution is 2.27. The van der Waals surface area contributed by atoms with E-state index in [4.69, 9.17) is 15.2 Å². The predicted octanol–water partition coefficient (Wildman–Crippen LogP) is 3.23. The Morgan fingerprint density at radius 3 is 2.54 bits per heavy atom. The van der Waals surface area contributed by atoms with Crippen LogP contribution < -0.4 is 21.3 Å². The molecule has 11 nitrogen and oxygen atoms in total. The fourth-order valence-corrected chi connectivity index (χ4v) is 3.73. The largest absolute Gasteiger partial charge is 0.444 e. The van der Waals surface area contributed by atoms with Crippen molar-refractivity contribution in [2.45, 2.75) is 32.9 Å². The van der Waals surface area contributed by atoms with Crippen molar-refractivity contribution < 1.29 is 19.1 Å². The zero-order chi connectivity index (χ0) is 26.4. The fourth-order valence-electron chi connectivity index (χ4n) is 3.73. The number of nitrogens with two attached hydrogens (primary N) is 1. The first-order valence-electron chi connectivity index (χ1n) is 12.0. The number of nitrogens with one attached hydrogen (secondary N) is 2. The van der Waals surface area contributed by atoms with Crippen molar-refractivity contribution in [1.29, 1.82) is 0 Å². The molecule has 4 N–H and O–H groups in total. The topological polar surface area (TPSA) is 145 Å². The van der Waals surface area contributed by atoms with E-state index in [0.717, 1.165) is 16.8 Å². The number of amides is 2. The molecule has 11 heteroatoms. The van der Waals surface area contributed by atoms with E-state index in [0.29, 0.717) is 44.2 Å². The first-order chi connectivity index (χ1) is 17.7. The lowest BCUT2D eigenvalue weighted by Gasteiger charge is -2.30. The fraction of sp³-hybridized carbons (Fsp3) is 0.346. The Morgan fingerprint density at radius 2 is 1.84 bits per heavy atom. The van der Waals surface area contributed by atoms with Crippen LogP contribution in [-0.2, 0) is 16.0 Å². The van der Waals surface area contributed by atoms with Gasteiger partial charge in [0.05, 0.1) is 42.7 Å². The summed E-state index contributed by atoms with van der Waals surface area (Å²) in [6.45, 7) is 8.40. The molecule has 0 atom stereocenters. The second kappa shape index (κ2) is 11.2. The van der Waals surface area contributed by atoms with Crippen LogP contribution in [0.4, 0.5) is 22.0 Å². The summed E-state index contributed by atoms with van der Waals surface area (Å²) in [7, 11) is 0. The minimum Gasteiger partial charge on any atom is -0.444 e. The maximum absolute atomic E-state index is 13.1. The number of carbonyl (C=O) groups is 2. The normalized spacial score (nSPS) is 13.6. The molecular formula is C26H31N7O4. The molecule has 1 aliphatic heterocycles. The lowest BCUT2D eigenvalue weighted by molar-refractivity contribution is 0.0523. The zero-order valence-electron chi connectivity index (χ0n) is 21.2. The van der Waals surface area contributed by atoms with Crippen molar-refractivity contribution in [2.75, 3.05) is 42.3 Å². The van der Waals surface area contributed by atoms with Crippen LogP contribution in [0.1, 0.15) is 36.8 Å². The van der Waals surface area contributed by atoms with Gasteiger partial charge in [-0.25, -0.2) is 14.8 Å². The SMILES string of the molecule is CC(C)(C)OC(=O)NCc1ccc(-c2cnc(N)c(C(=O)Nc3cnccc3N3CCOCC3)n2)cc1. The Kier molecular flexibility index (Phi) is 7.83. The van der Waals surface area contributed by atoms with Gasteiger partial charge < -0.3 is 30.7 Å². The third kappa shape index (κ3) is 6.91. The number of rotatable bonds is 6. The molecular weight excluding hydrogens is 474 g/mol. The van der Waals surface area contributed by atoms with E-state index < -0.39 is 17.6 Å². The molecule has 0 bridgehead atoms. The number of benzene rings is 1. The van der Waals surface area contributed by atoms with Gasteiger partial charge in [-0.2, -0.15) is 0 Å². The van der Waals surface area contributed by atoms with Gasteiger partial charge in [0.25, 0.3) is 5.91 Å². The van der Waals surface area contributed by atoms with Gasteiger partial charge in [-0.15, -0.1) is 0 Å². The zero-order valence-corrected chi connectivity index (χ0v) is 21.2. The summed E-state index contributed by atoms with van der Waals surface area (Å²) in [6, 6.07) is 9.24. The standard InChI is InChI=1S/C26H31N7O4/c1-26(2,3)37-25(35)30-14-17-4-6-18(7-5-17)19-16-29-23(27)22(31-19)24(34)32-20-15-28-9-8-21(20)33-10-12-36-13-11-33/h4-9,15-16H,10-14H2,1-3H3,(H2,27,29)(H,30,35)(H,32,34). The van der Waals surface area contributed by atoms with Gasteiger partial charge in [0, 0.05) is 31.4 Å². The Labute approximate surface area is 215 Å². The van der Waals surface area contributed by atoms with Crippen LogP contribution in [0, 0.1) is 0 Å². The number of hydrogen-bond donors (Lipinski definition) is 3. The van der Waals surface area contributed by atoms with Crippen LogP contribution >= 0.6 is 0 Å². The summed E-state index contributed by atoms with van der Waals surface area (Å²) in [6.07, 6.45) is 4.31. The molecule has 1 fully saturated rings. The quantitative estimate of drug-likeness (QED) is 0.460. The Balaban J connectivity index is 1.46. The molecule has 0 unspecified atom stereocenters. The van der Waals surface area contributed by atoms with Gasteiger partial charge in [-0.1, -0.05) is 24.3 Å². The first kappa shape index (κ1) is 25.8. The monoisotopic (exact) mass is 505 g/mol. The number of ether oxygens (including phenoxy) is 2. The third-order valence-corrected chi connectivity index (χ3v) is 5.50. The molecule has 1 aliphatic rings. The number of nitrogen functional groups attached to an aromatic ring is 1. The lowest BCUT2D eigenvalue weighted by Crippen LogP contribution is -2.36. The van der Waals surface area contributed by atoms with Gasteiger partial charge in [0.2, 0.25) is 0 Å². The number of anilines is 3. The maximum Gasteiger partial charge on any atom is 0.407 e. The van der Waals surface area contributed by atoms with E-state index in [9.17, 15) is 9.59 Å². The molecule has 0 radical (unpaired) electrons. The first-order valence-corrected chi connectivity index (χ1v) is 12.0. The average molecular weight is 506 g/mol. The van der Waals surface area contributed by atoms with Gasteiger partial charge in [-0.05, 0) is 32.4 Å². The Hall–Kier alpha value is -4.25. The molecule has 3 aromatic rings. The van der Waals surface area contributed by atoms with Crippen LogP contribution in [-0.4, -0.2) is 58.9 Å². The van der Waals surface area contributed by atoms with Gasteiger partial charge in [0.15, 0.2) is 11.5 Å². The number of aromatic nitrogens is 3. The summed E-state index contributed by atoms with van der Waals surface area (Å²) >= 11 is 0. The van der Waals surface area contributed by atoms with Gasteiger partial charge >= 0.3 is 6.09 Å². The van der Waals surface area contributed by atoms with Crippen LogP contribution in [0.5, 0.6) is 0 Å². The summed E-state index contributed by atoms with van der Waals surface area (Å²) in [5, 5.41) is 5.60. The molecule has 4 rings (SSSR count). The molecule has 37 heavy (non-hydrogen) atoms. The van der Waals surface area contributed by atoms with Crippen molar-refractivity contribution in [3.8, 4) is 11.3 Å². The number of carbonyl (C=O) groups excluding carboxylic acids is 2. The number of pyridine rings is 1. The average Bonchev–Trinajstić information content (AvgIpc) is 2.88. The minimum atomic E-state index is -0.563.